The van der Waals surface area contributed by atoms with Crippen LogP contribution in [-0.4, -0.2) is 57.2 Å². The average Bonchev–Trinajstić information content (AvgIpc) is 3.31. The van der Waals surface area contributed by atoms with E-state index in [1.54, 1.807) is 11.7 Å². The molecule has 1 aliphatic heterocycles. The molecule has 4 aromatic rings. The van der Waals surface area contributed by atoms with Crippen LogP contribution in [0, 0.1) is 6.92 Å². The number of pyridine rings is 2. The zero-order chi connectivity index (χ0) is 21.0. The number of hydrogen-bond acceptors (Lipinski definition) is 6. The maximum absolute atomic E-state index is 14.1. The Morgan fingerprint density at radius 2 is 1.90 bits per heavy atom. The quantitative estimate of drug-likeness (QED) is 0.545. The Hall–Kier alpha value is -3.26. The summed E-state index contributed by atoms with van der Waals surface area (Å²) in [5.74, 6) is 0.926. The van der Waals surface area contributed by atoms with E-state index in [0.29, 0.717) is 24.3 Å². The van der Waals surface area contributed by atoms with Crippen molar-refractivity contribution in [1.82, 2.24) is 25.1 Å². The van der Waals surface area contributed by atoms with Gasteiger partial charge in [-0.2, -0.15) is 5.10 Å². The van der Waals surface area contributed by atoms with Crippen LogP contribution < -0.4 is 10.2 Å². The fraction of sp³-hybridized carbons (Fsp3) is 0.318. The van der Waals surface area contributed by atoms with E-state index in [1.165, 1.54) is 0 Å². The number of aromatic nitrogens is 4. The van der Waals surface area contributed by atoms with E-state index in [0.717, 1.165) is 33.3 Å². The molecule has 0 aliphatic carbocycles. The Balaban J connectivity index is 1.53. The molecule has 8 heteroatoms. The van der Waals surface area contributed by atoms with Crippen molar-refractivity contribution in [1.29, 1.82) is 0 Å². The molecule has 1 fully saturated rings. The van der Waals surface area contributed by atoms with Crippen molar-refractivity contribution in [2.75, 3.05) is 25.0 Å². The van der Waals surface area contributed by atoms with Gasteiger partial charge in [-0.1, -0.05) is 0 Å². The van der Waals surface area contributed by atoms with Gasteiger partial charge in [0.2, 0.25) is 0 Å². The average molecular weight is 406 g/mol. The summed E-state index contributed by atoms with van der Waals surface area (Å²) in [6, 6.07) is 9.24. The van der Waals surface area contributed by atoms with Gasteiger partial charge >= 0.3 is 0 Å². The standard InChI is InChI=1S/C22H23FN6O/c1-12-21-13(9-28(3)27-21)8-14(22(12)30)16-4-5-18-17(25-16)6-7-20(26-18)29-10-15(23)19(11-29)24-2/h4-9,15,19,24,30H,10-11H2,1-3H3/t15-,19+/m1/s1. The molecule has 0 spiro atoms. The number of hydrogen-bond donors (Lipinski definition) is 2. The van der Waals surface area contributed by atoms with Crippen LogP contribution in [0.25, 0.3) is 33.2 Å². The van der Waals surface area contributed by atoms with Gasteiger partial charge in [-0.15, -0.1) is 0 Å². The molecule has 2 N–H and O–H groups in total. The lowest BCUT2D eigenvalue weighted by Gasteiger charge is -2.17. The first kappa shape index (κ1) is 18.7. The maximum atomic E-state index is 14.1. The monoisotopic (exact) mass is 406 g/mol. The molecule has 4 heterocycles. The molecule has 0 amide bonds. The summed E-state index contributed by atoms with van der Waals surface area (Å²) in [5.41, 5.74) is 4.30. The number of anilines is 1. The van der Waals surface area contributed by atoms with Crippen LogP contribution in [0.4, 0.5) is 10.2 Å². The molecule has 0 radical (unpaired) electrons. The molecule has 1 saturated heterocycles. The number of nitrogens with zero attached hydrogens (tertiary/aromatic N) is 5. The minimum Gasteiger partial charge on any atom is -0.507 e. The lowest BCUT2D eigenvalue weighted by Crippen LogP contribution is -2.34. The van der Waals surface area contributed by atoms with E-state index in [-0.39, 0.29) is 11.8 Å². The Bertz CT molecular complexity index is 1270. The number of rotatable bonds is 3. The van der Waals surface area contributed by atoms with E-state index < -0.39 is 6.17 Å². The van der Waals surface area contributed by atoms with Crippen LogP contribution >= 0.6 is 0 Å². The Morgan fingerprint density at radius 3 is 2.67 bits per heavy atom. The number of phenols is 1. The van der Waals surface area contributed by atoms with Gasteiger partial charge in [0.15, 0.2) is 0 Å². The SMILES string of the molecule is CN[C@H]1CN(c2ccc3nc(-c4cc5cn(C)nc5c(C)c4O)ccc3n2)C[C@H]1F. The van der Waals surface area contributed by atoms with Gasteiger partial charge in [0.1, 0.15) is 17.7 Å². The molecule has 3 aromatic heterocycles. The molecular formula is C22H23FN6O. The molecule has 0 bridgehead atoms. The predicted octanol–water partition coefficient (Wildman–Crippen LogP) is 2.94. The molecule has 0 saturated carbocycles. The van der Waals surface area contributed by atoms with E-state index in [2.05, 4.69) is 15.4 Å². The fourth-order valence-corrected chi connectivity index (χ4v) is 4.19. The first-order valence-corrected chi connectivity index (χ1v) is 9.95. The van der Waals surface area contributed by atoms with Crippen molar-refractivity contribution in [2.24, 2.45) is 7.05 Å². The van der Waals surface area contributed by atoms with E-state index in [1.807, 2.05) is 55.4 Å². The van der Waals surface area contributed by atoms with E-state index >= 15 is 0 Å². The summed E-state index contributed by atoms with van der Waals surface area (Å²) in [6.07, 6.45) is 1.01. The number of phenolic OH excluding ortho intramolecular Hbond substituents is 1. The van der Waals surface area contributed by atoms with Gasteiger partial charge < -0.3 is 15.3 Å². The number of benzene rings is 1. The van der Waals surface area contributed by atoms with Crippen molar-refractivity contribution in [3.63, 3.8) is 0 Å². The second-order valence-electron chi connectivity index (χ2n) is 7.86. The zero-order valence-electron chi connectivity index (χ0n) is 17.1. The molecule has 30 heavy (non-hydrogen) atoms. The number of halogens is 1. The first-order chi connectivity index (χ1) is 14.4. The fourth-order valence-electron chi connectivity index (χ4n) is 4.19. The van der Waals surface area contributed by atoms with Crippen LogP contribution in [0.1, 0.15) is 5.56 Å². The Labute approximate surface area is 173 Å². The van der Waals surface area contributed by atoms with Crippen LogP contribution in [0.5, 0.6) is 5.75 Å². The highest BCUT2D eigenvalue weighted by Crippen LogP contribution is 2.36. The minimum absolute atomic E-state index is 0.182. The van der Waals surface area contributed by atoms with Crippen LogP contribution in [-0.2, 0) is 7.05 Å². The summed E-state index contributed by atoms with van der Waals surface area (Å²) in [5, 5.41) is 19.1. The highest BCUT2D eigenvalue weighted by molar-refractivity contribution is 5.91. The van der Waals surface area contributed by atoms with Crippen LogP contribution in [0.15, 0.2) is 36.5 Å². The number of alkyl halides is 1. The summed E-state index contributed by atoms with van der Waals surface area (Å²) >= 11 is 0. The summed E-state index contributed by atoms with van der Waals surface area (Å²) in [4.78, 5) is 11.4. The number of aromatic hydroxyl groups is 1. The third-order valence-corrected chi connectivity index (χ3v) is 5.87. The van der Waals surface area contributed by atoms with Gasteiger partial charge in [0, 0.05) is 36.3 Å². The second-order valence-corrected chi connectivity index (χ2v) is 7.86. The van der Waals surface area contributed by atoms with Crippen molar-refractivity contribution in [2.45, 2.75) is 19.1 Å². The lowest BCUT2D eigenvalue weighted by atomic mass is 10.0. The molecule has 154 valence electrons. The predicted molar refractivity (Wildman–Crippen MR) is 116 cm³/mol. The largest absolute Gasteiger partial charge is 0.507 e. The topological polar surface area (TPSA) is 79.1 Å². The van der Waals surface area contributed by atoms with Gasteiger partial charge in [-0.25, -0.2) is 14.4 Å². The smallest absolute Gasteiger partial charge is 0.134 e. The molecular weight excluding hydrogens is 383 g/mol. The summed E-state index contributed by atoms with van der Waals surface area (Å²) in [6.45, 7) is 2.77. The molecule has 0 unspecified atom stereocenters. The Morgan fingerprint density at radius 1 is 1.13 bits per heavy atom. The van der Waals surface area contributed by atoms with Gasteiger partial charge in [0.25, 0.3) is 0 Å². The number of aryl methyl sites for hydroxylation is 2. The minimum atomic E-state index is -0.915. The number of nitrogens with one attached hydrogen (secondary N) is 1. The molecule has 1 aliphatic rings. The zero-order valence-corrected chi connectivity index (χ0v) is 17.1. The second kappa shape index (κ2) is 6.91. The normalized spacial score (nSPS) is 19.3. The van der Waals surface area contributed by atoms with E-state index in [4.69, 9.17) is 4.98 Å². The molecule has 5 rings (SSSR count). The van der Waals surface area contributed by atoms with Crippen molar-refractivity contribution in [3.05, 3.63) is 42.1 Å². The van der Waals surface area contributed by atoms with Crippen molar-refractivity contribution < 1.29 is 9.50 Å². The van der Waals surface area contributed by atoms with Gasteiger partial charge in [-0.05, 0) is 44.3 Å². The lowest BCUT2D eigenvalue weighted by molar-refractivity contribution is 0.310. The number of likely N-dealkylation sites (N-methyl/N-ethyl adjacent to an activating group) is 1. The third kappa shape index (κ3) is 2.95. The van der Waals surface area contributed by atoms with Gasteiger partial charge in [0.05, 0.1) is 34.8 Å². The Kier molecular flexibility index (Phi) is 4.32. The first-order valence-electron chi connectivity index (χ1n) is 9.95. The van der Waals surface area contributed by atoms with Crippen molar-refractivity contribution in [3.8, 4) is 17.0 Å². The maximum Gasteiger partial charge on any atom is 0.134 e. The molecule has 2 atom stereocenters. The highest BCUT2D eigenvalue weighted by Gasteiger charge is 2.32. The highest BCUT2D eigenvalue weighted by atomic mass is 19.1. The van der Waals surface area contributed by atoms with Gasteiger partial charge in [-0.3, -0.25) is 4.68 Å². The van der Waals surface area contributed by atoms with Crippen LogP contribution in [0.2, 0.25) is 0 Å². The summed E-state index contributed by atoms with van der Waals surface area (Å²) < 4.78 is 15.8. The number of fused-ring (bicyclic) bond motifs is 2. The third-order valence-electron chi connectivity index (χ3n) is 5.87. The van der Waals surface area contributed by atoms with Crippen LogP contribution in [0.3, 0.4) is 0 Å². The molecule has 1 aromatic carbocycles. The molecule has 7 nitrogen and oxygen atoms in total. The van der Waals surface area contributed by atoms with E-state index in [9.17, 15) is 9.50 Å². The summed E-state index contributed by atoms with van der Waals surface area (Å²) in [7, 11) is 3.64. The van der Waals surface area contributed by atoms with Crippen molar-refractivity contribution >= 4 is 27.8 Å².